The largest absolute Gasteiger partial charge is 0.439 e. The van der Waals surface area contributed by atoms with E-state index in [1.807, 2.05) is 24.3 Å². The molecule has 5 rings (SSSR count). The molecule has 2 heterocycles. The number of aryl methyl sites for hydroxylation is 1. The molecule has 8 nitrogen and oxygen atoms in total. The summed E-state index contributed by atoms with van der Waals surface area (Å²) >= 11 is 0. The number of benzene rings is 3. The van der Waals surface area contributed by atoms with Gasteiger partial charge in [0.05, 0.1) is 4.90 Å². The molecule has 0 unspecified atom stereocenters. The third-order valence-electron chi connectivity index (χ3n) is 4.94. The van der Waals surface area contributed by atoms with E-state index in [1.54, 1.807) is 78.7 Å². The van der Waals surface area contributed by atoms with Gasteiger partial charge in [0.25, 0.3) is 10.0 Å². The van der Waals surface area contributed by atoms with Crippen molar-refractivity contribution in [1.29, 1.82) is 0 Å². The molecule has 0 radical (unpaired) electrons. The highest BCUT2D eigenvalue weighted by Crippen LogP contribution is 2.27. The molecule has 0 aliphatic rings. The third kappa shape index (κ3) is 4.39. The van der Waals surface area contributed by atoms with Crippen molar-refractivity contribution in [3.05, 3.63) is 97.3 Å². The average molecular weight is 458 g/mol. The molecule has 0 fully saturated rings. The highest BCUT2D eigenvalue weighted by Gasteiger charge is 2.17. The number of anilines is 1. The SMILES string of the molecule is Cc1nc(Oc2ccc(NS(=O)(=O)c3cccc4ccccc34)cc2)cc(-n2ccnc2)n1. The summed E-state index contributed by atoms with van der Waals surface area (Å²) in [5.74, 6) is 2.07. The van der Waals surface area contributed by atoms with Crippen LogP contribution in [0.4, 0.5) is 5.69 Å². The first-order valence-corrected chi connectivity index (χ1v) is 11.6. The van der Waals surface area contributed by atoms with Crippen molar-refractivity contribution in [2.45, 2.75) is 11.8 Å². The standard InChI is InChI=1S/C24H19N5O3S/c1-17-26-23(29-14-13-25-16-29)15-24(27-17)32-20-11-9-19(10-12-20)28-33(30,31)22-8-4-6-18-5-2-3-7-21(18)22/h2-16,28H,1H3. The minimum atomic E-state index is -3.77. The Morgan fingerprint density at radius 3 is 2.52 bits per heavy atom. The van der Waals surface area contributed by atoms with Crippen LogP contribution < -0.4 is 9.46 Å². The van der Waals surface area contributed by atoms with Gasteiger partial charge in [0.1, 0.15) is 23.7 Å². The number of rotatable bonds is 6. The number of sulfonamides is 1. The van der Waals surface area contributed by atoms with Crippen LogP contribution >= 0.6 is 0 Å². The maximum absolute atomic E-state index is 13.0. The monoisotopic (exact) mass is 457 g/mol. The number of ether oxygens (including phenoxy) is 1. The van der Waals surface area contributed by atoms with Crippen LogP contribution in [-0.4, -0.2) is 27.9 Å². The predicted molar refractivity (Wildman–Crippen MR) is 125 cm³/mol. The number of imidazole rings is 1. The van der Waals surface area contributed by atoms with E-state index in [0.717, 1.165) is 5.39 Å². The Hall–Kier alpha value is -4.24. The lowest BCUT2D eigenvalue weighted by atomic mass is 10.1. The van der Waals surface area contributed by atoms with Gasteiger partial charge in [0.2, 0.25) is 5.88 Å². The lowest BCUT2D eigenvalue weighted by Gasteiger charge is -2.12. The van der Waals surface area contributed by atoms with Gasteiger partial charge in [-0.1, -0.05) is 36.4 Å². The van der Waals surface area contributed by atoms with Crippen LogP contribution in [0.3, 0.4) is 0 Å². The zero-order valence-electron chi connectivity index (χ0n) is 17.6. The second kappa shape index (κ2) is 8.36. The summed E-state index contributed by atoms with van der Waals surface area (Å²) in [4.78, 5) is 12.9. The van der Waals surface area contributed by atoms with E-state index in [9.17, 15) is 8.42 Å². The molecule has 0 saturated carbocycles. The number of hydrogen-bond acceptors (Lipinski definition) is 6. The van der Waals surface area contributed by atoms with Crippen LogP contribution in [0.5, 0.6) is 11.6 Å². The molecule has 9 heteroatoms. The number of nitrogens with one attached hydrogen (secondary N) is 1. The molecule has 2 aromatic heterocycles. The van der Waals surface area contributed by atoms with E-state index in [0.29, 0.717) is 34.3 Å². The van der Waals surface area contributed by atoms with Gasteiger partial charge < -0.3 is 4.74 Å². The lowest BCUT2D eigenvalue weighted by Crippen LogP contribution is -2.13. The molecular formula is C24H19N5O3S. The number of hydrogen-bond donors (Lipinski definition) is 1. The normalized spacial score (nSPS) is 11.4. The minimum absolute atomic E-state index is 0.226. The van der Waals surface area contributed by atoms with Crippen LogP contribution in [0.2, 0.25) is 0 Å². The zero-order chi connectivity index (χ0) is 22.8. The van der Waals surface area contributed by atoms with Gasteiger partial charge in [0, 0.05) is 29.5 Å². The van der Waals surface area contributed by atoms with Crippen LogP contribution in [0.1, 0.15) is 5.82 Å². The van der Waals surface area contributed by atoms with Crippen molar-refractivity contribution in [3.63, 3.8) is 0 Å². The van der Waals surface area contributed by atoms with Crippen LogP contribution in [-0.2, 0) is 10.0 Å². The molecule has 33 heavy (non-hydrogen) atoms. The molecule has 0 atom stereocenters. The van der Waals surface area contributed by atoms with Crippen LogP contribution in [0.25, 0.3) is 16.6 Å². The average Bonchev–Trinajstić information content (AvgIpc) is 3.35. The maximum atomic E-state index is 13.0. The molecule has 0 amide bonds. The molecule has 0 bridgehead atoms. The number of aromatic nitrogens is 4. The fraction of sp³-hybridized carbons (Fsp3) is 0.0417. The van der Waals surface area contributed by atoms with E-state index in [1.165, 1.54) is 0 Å². The fourth-order valence-corrected chi connectivity index (χ4v) is 4.75. The Labute approximate surface area is 190 Å². The van der Waals surface area contributed by atoms with Crippen molar-refractivity contribution >= 4 is 26.5 Å². The van der Waals surface area contributed by atoms with Crippen LogP contribution in [0.15, 0.2) is 96.4 Å². The first-order chi connectivity index (χ1) is 16.0. The smallest absolute Gasteiger partial charge is 0.262 e. The maximum Gasteiger partial charge on any atom is 0.262 e. The van der Waals surface area contributed by atoms with Crippen LogP contribution in [0, 0.1) is 6.92 Å². The van der Waals surface area contributed by atoms with Gasteiger partial charge in [-0.2, -0.15) is 4.98 Å². The summed E-state index contributed by atoms with van der Waals surface area (Å²) in [6.07, 6.45) is 5.08. The van der Waals surface area contributed by atoms with Gasteiger partial charge in [-0.25, -0.2) is 18.4 Å². The van der Waals surface area contributed by atoms with Gasteiger partial charge in [-0.3, -0.25) is 9.29 Å². The van der Waals surface area contributed by atoms with E-state index in [-0.39, 0.29) is 4.90 Å². The topological polar surface area (TPSA) is 99.0 Å². The van der Waals surface area contributed by atoms with Crippen molar-refractivity contribution in [2.75, 3.05) is 4.72 Å². The second-order valence-electron chi connectivity index (χ2n) is 7.29. The molecule has 0 saturated heterocycles. The highest BCUT2D eigenvalue weighted by atomic mass is 32.2. The summed E-state index contributed by atoms with van der Waals surface area (Å²) < 4.78 is 36.3. The van der Waals surface area contributed by atoms with Gasteiger partial charge in [0.15, 0.2) is 0 Å². The Balaban J connectivity index is 1.36. The molecule has 0 aliphatic heterocycles. The zero-order valence-corrected chi connectivity index (χ0v) is 18.4. The summed E-state index contributed by atoms with van der Waals surface area (Å²) in [5.41, 5.74) is 0.424. The van der Waals surface area contributed by atoms with Gasteiger partial charge in [-0.15, -0.1) is 0 Å². The Morgan fingerprint density at radius 2 is 1.73 bits per heavy atom. The van der Waals surface area contributed by atoms with Crippen molar-refractivity contribution in [2.24, 2.45) is 0 Å². The molecule has 1 N–H and O–H groups in total. The molecule has 164 valence electrons. The summed E-state index contributed by atoms with van der Waals surface area (Å²) in [6, 6.07) is 20.9. The van der Waals surface area contributed by atoms with Crippen molar-refractivity contribution in [3.8, 4) is 17.4 Å². The Morgan fingerprint density at radius 1 is 0.939 bits per heavy atom. The second-order valence-corrected chi connectivity index (χ2v) is 8.94. The van der Waals surface area contributed by atoms with E-state index >= 15 is 0 Å². The van der Waals surface area contributed by atoms with E-state index in [4.69, 9.17) is 4.74 Å². The lowest BCUT2D eigenvalue weighted by molar-refractivity contribution is 0.459. The summed E-state index contributed by atoms with van der Waals surface area (Å²) in [5, 5.41) is 1.53. The summed E-state index contributed by atoms with van der Waals surface area (Å²) in [6.45, 7) is 1.78. The van der Waals surface area contributed by atoms with Crippen molar-refractivity contribution in [1.82, 2.24) is 19.5 Å². The number of fused-ring (bicyclic) bond motifs is 1. The first kappa shape index (κ1) is 20.7. The van der Waals surface area contributed by atoms with Gasteiger partial charge >= 0.3 is 0 Å². The van der Waals surface area contributed by atoms with E-state index in [2.05, 4.69) is 19.7 Å². The molecule has 3 aromatic carbocycles. The fourth-order valence-electron chi connectivity index (χ4n) is 3.46. The van der Waals surface area contributed by atoms with Crippen molar-refractivity contribution < 1.29 is 13.2 Å². The quantitative estimate of drug-likeness (QED) is 0.396. The molecular weight excluding hydrogens is 438 g/mol. The third-order valence-corrected chi connectivity index (χ3v) is 6.38. The first-order valence-electron chi connectivity index (χ1n) is 10.1. The molecule has 0 aliphatic carbocycles. The Bertz CT molecular complexity index is 1530. The Kier molecular flexibility index (Phi) is 5.23. The highest BCUT2D eigenvalue weighted by molar-refractivity contribution is 7.93. The predicted octanol–water partition coefficient (Wildman–Crippen LogP) is 4.72. The molecule has 5 aromatic rings. The number of nitrogens with zero attached hydrogens (tertiary/aromatic N) is 4. The molecule has 0 spiro atoms. The summed E-state index contributed by atoms with van der Waals surface area (Å²) in [7, 11) is -3.77. The van der Waals surface area contributed by atoms with Gasteiger partial charge in [-0.05, 0) is 42.6 Å². The van der Waals surface area contributed by atoms with E-state index < -0.39 is 10.0 Å². The minimum Gasteiger partial charge on any atom is -0.439 e.